The van der Waals surface area contributed by atoms with Gasteiger partial charge in [0, 0.05) is 13.6 Å². The van der Waals surface area contributed by atoms with Crippen molar-refractivity contribution in [2.24, 2.45) is 5.92 Å². The first-order valence-corrected chi connectivity index (χ1v) is 4.24. The standard InChI is InChI=1S/C6H11BNO2S/c1-4-5(10-11-7)3-8(2)6(4)9/h4-5,7H,3H2,1-2H3/t4-,5+/m0/s1/i7T. The predicted octanol–water partition coefficient (Wildman–Crippen LogP) is -0.0563. The fraction of sp³-hybridized carbons (Fsp3) is 0.833. The lowest BCUT2D eigenvalue weighted by Crippen LogP contribution is -2.21. The van der Waals surface area contributed by atoms with E-state index in [0.717, 1.165) is 19.0 Å². The fourth-order valence-electron chi connectivity index (χ4n) is 1.21. The van der Waals surface area contributed by atoms with Crippen LogP contribution in [0.1, 0.15) is 6.92 Å². The fourth-order valence-corrected chi connectivity index (χ4v) is 1.58. The monoisotopic (exact) mass is 174 g/mol. The van der Waals surface area contributed by atoms with Gasteiger partial charge in [-0.2, -0.15) is 0 Å². The molecule has 0 aromatic heterocycles. The highest BCUT2D eigenvalue weighted by Gasteiger charge is 2.35. The van der Waals surface area contributed by atoms with Gasteiger partial charge in [-0.15, -0.1) is 0 Å². The van der Waals surface area contributed by atoms with Gasteiger partial charge in [-0.1, -0.05) is 18.8 Å². The molecule has 0 saturated carbocycles. The Hall–Kier alpha value is -0.155. The second kappa shape index (κ2) is 3.49. The van der Waals surface area contributed by atoms with E-state index in [4.69, 9.17) is 5.52 Å². The van der Waals surface area contributed by atoms with Crippen LogP contribution in [0.3, 0.4) is 0 Å². The van der Waals surface area contributed by atoms with Crippen molar-refractivity contribution in [2.45, 2.75) is 13.0 Å². The lowest BCUT2D eigenvalue weighted by atomic mass is 10.1. The molecule has 1 aliphatic rings. The molecule has 1 amide bonds. The first-order valence-electron chi connectivity index (χ1n) is 4.01. The van der Waals surface area contributed by atoms with Crippen LogP contribution in [0.4, 0.5) is 0 Å². The molecule has 0 bridgehead atoms. The predicted molar refractivity (Wildman–Crippen MR) is 46.4 cm³/mol. The Labute approximate surface area is 73.3 Å². The van der Waals surface area contributed by atoms with Crippen LogP contribution in [0, 0.1) is 5.92 Å². The molecule has 1 fully saturated rings. The van der Waals surface area contributed by atoms with E-state index in [-0.39, 0.29) is 17.9 Å². The topological polar surface area (TPSA) is 29.5 Å². The van der Waals surface area contributed by atoms with Gasteiger partial charge < -0.3 is 9.08 Å². The van der Waals surface area contributed by atoms with Crippen LogP contribution in [-0.4, -0.2) is 38.9 Å². The van der Waals surface area contributed by atoms with Crippen molar-refractivity contribution in [3.63, 3.8) is 0 Å². The van der Waals surface area contributed by atoms with Crippen molar-refractivity contribution in [3.05, 3.63) is 0 Å². The Balaban J connectivity index is 2.42. The Morgan fingerprint density at radius 3 is 3.18 bits per heavy atom. The third-order valence-electron chi connectivity index (χ3n) is 1.96. The number of nitrogens with zero attached hydrogens (tertiary/aromatic N) is 1. The lowest BCUT2D eigenvalue weighted by molar-refractivity contribution is -0.129. The van der Waals surface area contributed by atoms with Gasteiger partial charge in [0.05, 0.1) is 12.0 Å². The van der Waals surface area contributed by atoms with E-state index >= 15 is 0 Å². The van der Waals surface area contributed by atoms with Crippen LogP contribution in [0.2, 0.25) is 0 Å². The molecule has 1 aliphatic heterocycles. The number of hydrogen-bond acceptors (Lipinski definition) is 3. The summed E-state index contributed by atoms with van der Waals surface area (Å²) in [7, 11) is 2.88. The van der Waals surface area contributed by atoms with Crippen LogP contribution in [0.15, 0.2) is 0 Å². The van der Waals surface area contributed by atoms with E-state index in [1.807, 2.05) is 6.92 Å². The summed E-state index contributed by atoms with van der Waals surface area (Å²) in [5.41, 5.74) is 0. The normalized spacial score (nSPS) is 32.4. The van der Waals surface area contributed by atoms with Crippen molar-refractivity contribution >= 4 is 24.9 Å². The van der Waals surface area contributed by atoms with Gasteiger partial charge in [0.2, 0.25) is 13.0 Å². The van der Waals surface area contributed by atoms with Crippen LogP contribution >= 0.6 is 11.9 Å². The highest BCUT2D eigenvalue weighted by molar-refractivity contribution is 8.15. The van der Waals surface area contributed by atoms with E-state index < -0.39 is 0 Å². The first kappa shape index (κ1) is 7.49. The maximum absolute atomic E-state index is 11.3. The van der Waals surface area contributed by atoms with Crippen molar-refractivity contribution in [1.29, 1.82) is 1.34 Å². The summed E-state index contributed by atoms with van der Waals surface area (Å²) in [6.45, 7) is 2.47. The van der Waals surface area contributed by atoms with Gasteiger partial charge in [0.1, 0.15) is 0 Å². The Morgan fingerprint density at radius 1 is 2.00 bits per heavy atom. The minimum absolute atomic E-state index is 0.0749. The number of carbonyl (C=O) groups is 1. The minimum Gasteiger partial charge on any atom is -0.343 e. The molecule has 1 radical (unpaired) electrons. The zero-order valence-corrected chi connectivity index (χ0v) is 7.43. The Bertz CT molecular complexity index is 183. The zero-order valence-electron chi connectivity index (χ0n) is 7.61. The van der Waals surface area contributed by atoms with Gasteiger partial charge in [0.25, 0.3) is 0 Å². The molecule has 1 saturated heterocycles. The van der Waals surface area contributed by atoms with E-state index in [9.17, 15) is 4.79 Å². The molecule has 5 heteroatoms. The summed E-state index contributed by atoms with van der Waals surface area (Å²) in [5, 5.41) is 0. The Morgan fingerprint density at radius 2 is 2.73 bits per heavy atom. The highest BCUT2D eigenvalue weighted by atomic mass is 32.2. The molecular weight excluding hydrogens is 161 g/mol. The largest absolute Gasteiger partial charge is 0.343 e. The molecular formula is C6H11BNO2S. The summed E-state index contributed by atoms with van der Waals surface area (Å²) in [4.78, 5) is 12.9. The van der Waals surface area contributed by atoms with Gasteiger partial charge in [-0.05, 0) is 1.34 Å². The van der Waals surface area contributed by atoms with E-state index in [1.165, 1.54) is 0 Å². The van der Waals surface area contributed by atoms with Crippen LogP contribution in [-0.2, 0) is 8.98 Å². The maximum Gasteiger partial charge on any atom is 0.227 e. The Kier molecular flexibility index (Phi) is 2.38. The number of hydrogen-bond donors (Lipinski definition) is 0. The first-order chi connectivity index (χ1) is 5.66. The smallest absolute Gasteiger partial charge is 0.227 e. The number of carbonyl (C=O) groups excluding carboxylic acids is 1. The third-order valence-corrected chi connectivity index (χ3v) is 2.31. The molecule has 2 atom stereocenters. The second-order valence-corrected chi connectivity index (χ2v) is 3.12. The molecule has 61 valence electrons. The molecule has 3 nitrogen and oxygen atoms in total. The summed E-state index contributed by atoms with van der Waals surface area (Å²) in [5.74, 6) is 0.0352. The van der Waals surface area contributed by atoms with Crippen molar-refractivity contribution in [1.82, 2.24) is 4.90 Å². The summed E-state index contributed by atoms with van der Waals surface area (Å²) in [6, 6.07) is 0. The van der Waals surface area contributed by atoms with Gasteiger partial charge in [-0.25, -0.2) is 0 Å². The maximum atomic E-state index is 11.3. The van der Waals surface area contributed by atoms with Gasteiger partial charge in [0.15, 0.2) is 0 Å². The molecule has 0 aromatic rings. The molecule has 0 N–H and O–H groups in total. The van der Waals surface area contributed by atoms with E-state index in [0.29, 0.717) is 6.54 Å². The third kappa shape index (κ3) is 1.71. The average Bonchev–Trinajstić information content (AvgIpc) is 2.30. The molecule has 0 aromatic carbocycles. The number of amides is 1. The van der Waals surface area contributed by atoms with Gasteiger partial charge >= 0.3 is 0 Å². The van der Waals surface area contributed by atoms with Crippen molar-refractivity contribution in [3.8, 4) is 0 Å². The van der Waals surface area contributed by atoms with Crippen LogP contribution in [0.5, 0.6) is 0 Å². The van der Waals surface area contributed by atoms with Crippen molar-refractivity contribution < 1.29 is 8.98 Å². The molecule has 0 spiro atoms. The number of likely N-dealkylation sites (tertiary alicyclic amines) is 1. The summed E-state index contributed by atoms with van der Waals surface area (Å²) < 4.78 is 12.0. The second-order valence-electron chi connectivity index (χ2n) is 2.74. The lowest BCUT2D eigenvalue weighted by Gasteiger charge is -2.10. The quantitative estimate of drug-likeness (QED) is 0.443. The van der Waals surface area contributed by atoms with Gasteiger partial charge in [-0.3, -0.25) is 4.79 Å². The SMILES string of the molecule is [3H][B]SO[C@@H]1CN(C)C(=O)[C@H]1C. The molecule has 1 heterocycles. The van der Waals surface area contributed by atoms with Crippen molar-refractivity contribution in [2.75, 3.05) is 13.6 Å². The highest BCUT2D eigenvalue weighted by Crippen LogP contribution is 2.21. The zero-order chi connectivity index (χ0) is 9.14. The molecule has 0 unspecified atom stereocenters. The molecule has 11 heavy (non-hydrogen) atoms. The number of rotatable bonds is 3. The van der Waals surface area contributed by atoms with E-state index in [2.05, 4.69) is 0 Å². The summed E-state index contributed by atoms with van der Waals surface area (Å²) in [6.07, 6.45) is -0.0749. The van der Waals surface area contributed by atoms with E-state index in [1.54, 1.807) is 11.9 Å². The molecule has 0 aliphatic carbocycles. The van der Waals surface area contributed by atoms with Crippen LogP contribution < -0.4 is 0 Å². The minimum atomic E-state index is -0.0811. The number of likely N-dealkylation sites (N-methyl/N-ethyl adjacent to an activating group) is 1. The summed E-state index contributed by atoms with van der Waals surface area (Å²) >= 11 is 0.976. The molecule has 1 rings (SSSR count). The average molecular weight is 174 g/mol. The van der Waals surface area contributed by atoms with Crippen LogP contribution in [0.25, 0.3) is 0 Å².